The Kier molecular flexibility index (Phi) is 6.27. The summed E-state index contributed by atoms with van der Waals surface area (Å²) in [5.41, 5.74) is 2.00. The number of nitrogens with one attached hydrogen (secondary N) is 1. The molecule has 0 aliphatic carbocycles. The largest absolute Gasteiger partial charge is 0.421 e. The maximum Gasteiger partial charge on any atom is 0.247 e. The highest BCUT2D eigenvalue weighted by Crippen LogP contribution is 2.18. The van der Waals surface area contributed by atoms with Crippen LogP contribution in [-0.2, 0) is 16.0 Å². The van der Waals surface area contributed by atoms with E-state index in [2.05, 4.69) is 15.5 Å². The summed E-state index contributed by atoms with van der Waals surface area (Å²) in [6.07, 6.45) is 0.550. The van der Waals surface area contributed by atoms with Gasteiger partial charge in [0, 0.05) is 31.5 Å². The van der Waals surface area contributed by atoms with Crippen molar-refractivity contribution in [3.8, 4) is 11.5 Å². The van der Waals surface area contributed by atoms with E-state index in [9.17, 15) is 9.59 Å². The normalized spacial score (nSPS) is 10.8. The van der Waals surface area contributed by atoms with Crippen LogP contribution in [0.2, 0.25) is 0 Å². The van der Waals surface area contributed by atoms with Crippen LogP contribution in [0.5, 0.6) is 0 Å². The van der Waals surface area contributed by atoms with Gasteiger partial charge in [-0.2, -0.15) is 0 Å². The van der Waals surface area contributed by atoms with Gasteiger partial charge in [0.2, 0.25) is 23.6 Å². The van der Waals surface area contributed by atoms with Crippen LogP contribution in [0.15, 0.2) is 28.7 Å². The number of hydrogen-bond acceptors (Lipinski definition) is 5. The number of carbonyl (C=O) groups is 2. The van der Waals surface area contributed by atoms with Crippen molar-refractivity contribution in [1.82, 2.24) is 20.4 Å². The molecule has 2 amide bonds. The lowest BCUT2D eigenvalue weighted by atomic mass is 10.1. The molecule has 0 unspecified atom stereocenters. The van der Waals surface area contributed by atoms with Crippen LogP contribution in [0.1, 0.15) is 31.7 Å². The summed E-state index contributed by atoms with van der Waals surface area (Å²) in [5, 5.41) is 10.7. The van der Waals surface area contributed by atoms with Crippen molar-refractivity contribution >= 4 is 11.8 Å². The molecule has 1 N–H and O–H groups in total. The zero-order valence-electron chi connectivity index (χ0n) is 15.1. The monoisotopic (exact) mass is 344 g/mol. The van der Waals surface area contributed by atoms with Gasteiger partial charge in [0.1, 0.15) is 0 Å². The first-order chi connectivity index (χ1) is 11.8. The molecule has 0 aliphatic heterocycles. The number of benzene rings is 1. The van der Waals surface area contributed by atoms with E-state index in [0.717, 1.165) is 11.1 Å². The maximum absolute atomic E-state index is 12.1. The van der Waals surface area contributed by atoms with Crippen molar-refractivity contribution in [3.63, 3.8) is 0 Å². The van der Waals surface area contributed by atoms with E-state index >= 15 is 0 Å². The van der Waals surface area contributed by atoms with Crippen molar-refractivity contribution in [2.75, 3.05) is 13.6 Å². The van der Waals surface area contributed by atoms with E-state index < -0.39 is 0 Å². The highest BCUT2D eigenvalue weighted by atomic mass is 16.4. The van der Waals surface area contributed by atoms with E-state index in [0.29, 0.717) is 18.2 Å². The summed E-state index contributed by atoms with van der Waals surface area (Å²) < 4.78 is 5.60. The Balaban J connectivity index is 1.85. The molecule has 0 saturated heterocycles. The second kappa shape index (κ2) is 8.41. The topological polar surface area (TPSA) is 88.3 Å². The molecule has 134 valence electrons. The Morgan fingerprint density at radius 3 is 2.52 bits per heavy atom. The Hall–Kier alpha value is -2.70. The van der Waals surface area contributed by atoms with Gasteiger partial charge < -0.3 is 14.6 Å². The van der Waals surface area contributed by atoms with Crippen molar-refractivity contribution in [3.05, 3.63) is 35.7 Å². The lowest BCUT2D eigenvalue weighted by molar-refractivity contribution is -0.134. The molecule has 2 aromatic rings. The van der Waals surface area contributed by atoms with Crippen LogP contribution in [-0.4, -0.2) is 46.5 Å². The van der Waals surface area contributed by atoms with Crippen LogP contribution in [0.4, 0.5) is 0 Å². The molecule has 7 heteroatoms. The molecule has 0 aliphatic rings. The number of rotatable bonds is 7. The molecule has 0 spiro atoms. The first-order valence-electron chi connectivity index (χ1n) is 8.28. The van der Waals surface area contributed by atoms with E-state index in [-0.39, 0.29) is 30.8 Å². The van der Waals surface area contributed by atoms with E-state index in [1.165, 1.54) is 4.90 Å². The van der Waals surface area contributed by atoms with Crippen LogP contribution >= 0.6 is 0 Å². The van der Waals surface area contributed by atoms with Crippen LogP contribution in [0, 0.1) is 6.92 Å². The molecule has 1 heterocycles. The first kappa shape index (κ1) is 18.6. The van der Waals surface area contributed by atoms with E-state index in [1.807, 2.05) is 45.0 Å². The molecule has 0 fully saturated rings. The van der Waals surface area contributed by atoms with Crippen LogP contribution < -0.4 is 5.32 Å². The zero-order valence-corrected chi connectivity index (χ0v) is 15.1. The van der Waals surface area contributed by atoms with Gasteiger partial charge in [-0.1, -0.05) is 17.7 Å². The highest BCUT2D eigenvalue weighted by molar-refractivity contribution is 5.84. The highest BCUT2D eigenvalue weighted by Gasteiger charge is 2.15. The lowest BCUT2D eigenvalue weighted by Crippen LogP contribution is -2.40. The number of hydrogen-bond donors (Lipinski definition) is 1. The molecular formula is C18H24N4O3. The molecule has 2 rings (SSSR count). The minimum Gasteiger partial charge on any atom is -0.421 e. The van der Waals surface area contributed by atoms with Gasteiger partial charge in [0.15, 0.2) is 0 Å². The molecule has 1 aromatic carbocycles. The average molecular weight is 344 g/mol. The molecule has 1 aromatic heterocycles. The maximum atomic E-state index is 12.1. The van der Waals surface area contributed by atoms with Gasteiger partial charge in [-0.3, -0.25) is 9.59 Å². The third-order valence-corrected chi connectivity index (χ3v) is 3.57. The fourth-order valence-corrected chi connectivity index (χ4v) is 2.24. The summed E-state index contributed by atoms with van der Waals surface area (Å²) >= 11 is 0. The summed E-state index contributed by atoms with van der Waals surface area (Å²) in [6, 6.07) is 7.83. The van der Waals surface area contributed by atoms with Gasteiger partial charge in [-0.05, 0) is 32.9 Å². The van der Waals surface area contributed by atoms with Crippen molar-refractivity contribution in [1.29, 1.82) is 0 Å². The third kappa shape index (κ3) is 5.70. The molecule has 0 saturated carbocycles. The van der Waals surface area contributed by atoms with Gasteiger partial charge >= 0.3 is 0 Å². The second-order valence-corrected chi connectivity index (χ2v) is 6.34. The third-order valence-electron chi connectivity index (χ3n) is 3.57. The SMILES string of the molecule is Cc1ccc(-c2nnc(CCC(=O)N(C)CC(=O)NC(C)C)o2)cc1. The van der Waals surface area contributed by atoms with Crippen LogP contribution in [0.25, 0.3) is 11.5 Å². The van der Waals surface area contributed by atoms with Crippen molar-refractivity contribution in [2.45, 2.75) is 39.7 Å². The standard InChI is InChI=1S/C18H24N4O3/c1-12(2)19-15(23)11-22(4)17(24)10-9-16-20-21-18(25-16)14-7-5-13(3)6-8-14/h5-8,12H,9-11H2,1-4H3,(H,19,23). The smallest absolute Gasteiger partial charge is 0.247 e. The predicted molar refractivity (Wildman–Crippen MR) is 93.7 cm³/mol. The van der Waals surface area contributed by atoms with Gasteiger partial charge in [0.25, 0.3) is 0 Å². The number of carbonyl (C=O) groups excluding carboxylic acids is 2. The Morgan fingerprint density at radius 1 is 1.20 bits per heavy atom. The molecule has 0 radical (unpaired) electrons. The number of likely N-dealkylation sites (N-methyl/N-ethyl adjacent to an activating group) is 1. The summed E-state index contributed by atoms with van der Waals surface area (Å²) in [7, 11) is 1.60. The van der Waals surface area contributed by atoms with Crippen molar-refractivity contribution in [2.24, 2.45) is 0 Å². The number of nitrogens with zero attached hydrogens (tertiary/aromatic N) is 3. The van der Waals surface area contributed by atoms with Gasteiger partial charge in [0.05, 0.1) is 6.54 Å². The summed E-state index contributed by atoms with van der Waals surface area (Å²) in [6.45, 7) is 5.80. The average Bonchev–Trinajstić information content (AvgIpc) is 3.01. The van der Waals surface area contributed by atoms with Crippen LogP contribution in [0.3, 0.4) is 0 Å². The zero-order chi connectivity index (χ0) is 18.4. The van der Waals surface area contributed by atoms with Gasteiger partial charge in [-0.25, -0.2) is 0 Å². The predicted octanol–water partition coefficient (Wildman–Crippen LogP) is 1.96. The minimum atomic E-state index is -0.176. The van der Waals surface area contributed by atoms with E-state index in [4.69, 9.17) is 4.42 Å². The molecule has 0 bridgehead atoms. The fraction of sp³-hybridized carbons (Fsp3) is 0.444. The van der Waals surface area contributed by atoms with E-state index in [1.54, 1.807) is 7.05 Å². The Labute approximate surface area is 147 Å². The molecule has 7 nitrogen and oxygen atoms in total. The fourth-order valence-electron chi connectivity index (χ4n) is 2.24. The number of amides is 2. The Morgan fingerprint density at radius 2 is 1.88 bits per heavy atom. The quantitative estimate of drug-likeness (QED) is 0.829. The first-order valence-corrected chi connectivity index (χ1v) is 8.28. The van der Waals surface area contributed by atoms with Crippen molar-refractivity contribution < 1.29 is 14.0 Å². The van der Waals surface area contributed by atoms with Gasteiger partial charge in [-0.15, -0.1) is 10.2 Å². The molecular weight excluding hydrogens is 320 g/mol. The number of aromatic nitrogens is 2. The molecule has 25 heavy (non-hydrogen) atoms. The summed E-state index contributed by atoms with van der Waals surface area (Å²) in [4.78, 5) is 25.2. The lowest BCUT2D eigenvalue weighted by Gasteiger charge is -2.17. The minimum absolute atomic E-state index is 0.0372. The second-order valence-electron chi connectivity index (χ2n) is 6.34. The molecule has 0 atom stereocenters. The number of aryl methyl sites for hydroxylation is 2. The Bertz CT molecular complexity index is 722. The summed E-state index contributed by atoms with van der Waals surface area (Å²) in [5.74, 6) is 0.523.